The molecule has 0 spiro atoms. The van der Waals surface area contributed by atoms with E-state index in [9.17, 15) is 0 Å². The average molecular weight is 279 g/mol. The second-order valence-electron chi connectivity index (χ2n) is 6.19. The van der Waals surface area contributed by atoms with E-state index in [1.165, 1.54) is 30.4 Å². The molecule has 0 aliphatic heterocycles. The zero-order valence-corrected chi connectivity index (χ0v) is 13.1. The topological polar surface area (TPSA) is 12.0 Å². The van der Waals surface area contributed by atoms with Crippen molar-refractivity contribution in [1.29, 1.82) is 0 Å². The minimum atomic E-state index is 0.438. The maximum absolute atomic E-state index is 3.80. The van der Waals surface area contributed by atoms with Crippen LogP contribution in [0.4, 0.5) is 0 Å². The molecule has 2 aromatic carbocycles. The van der Waals surface area contributed by atoms with Gasteiger partial charge in [-0.05, 0) is 49.4 Å². The van der Waals surface area contributed by atoms with Crippen LogP contribution in [0.15, 0.2) is 48.5 Å². The summed E-state index contributed by atoms with van der Waals surface area (Å²) >= 11 is 0. The van der Waals surface area contributed by atoms with Crippen LogP contribution in [0.1, 0.15) is 54.0 Å². The van der Waals surface area contributed by atoms with Crippen LogP contribution >= 0.6 is 0 Å². The predicted octanol–water partition coefficient (Wildman–Crippen LogP) is 4.77. The highest BCUT2D eigenvalue weighted by atomic mass is 14.9. The fourth-order valence-electron chi connectivity index (χ4n) is 3.59. The zero-order valence-electron chi connectivity index (χ0n) is 13.1. The van der Waals surface area contributed by atoms with Gasteiger partial charge in [-0.25, -0.2) is 0 Å². The van der Waals surface area contributed by atoms with Crippen molar-refractivity contribution in [2.24, 2.45) is 0 Å². The SMILES string of the molecule is CCCNC(c1cccc(C)c1)C1CCc2ccccc21. The molecule has 1 heteroatoms. The molecule has 0 fully saturated rings. The Bertz CT molecular complexity index is 602. The number of rotatable bonds is 5. The monoisotopic (exact) mass is 279 g/mol. The molecule has 1 nitrogen and oxygen atoms in total. The molecular weight excluding hydrogens is 254 g/mol. The van der Waals surface area contributed by atoms with Gasteiger partial charge >= 0.3 is 0 Å². The standard InChI is InChI=1S/C20H25N/c1-3-13-21-20(17-9-6-7-15(2)14-17)19-12-11-16-8-4-5-10-18(16)19/h4-10,14,19-21H,3,11-13H2,1-2H3. The zero-order chi connectivity index (χ0) is 14.7. The van der Waals surface area contributed by atoms with Gasteiger partial charge in [0.1, 0.15) is 0 Å². The van der Waals surface area contributed by atoms with Crippen molar-refractivity contribution in [3.63, 3.8) is 0 Å². The number of benzene rings is 2. The normalized spacial score (nSPS) is 18.5. The van der Waals surface area contributed by atoms with Crippen molar-refractivity contribution in [2.75, 3.05) is 6.54 Å². The molecule has 3 rings (SSSR count). The molecule has 2 aromatic rings. The Morgan fingerprint density at radius 2 is 2.00 bits per heavy atom. The second kappa shape index (κ2) is 6.44. The van der Waals surface area contributed by atoms with Gasteiger partial charge in [-0.2, -0.15) is 0 Å². The number of aryl methyl sites for hydroxylation is 2. The third-order valence-electron chi connectivity index (χ3n) is 4.60. The van der Waals surface area contributed by atoms with Crippen LogP contribution in [-0.4, -0.2) is 6.54 Å². The van der Waals surface area contributed by atoms with Crippen LogP contribution in [0.25, 0.3) is 0 Å². The maximum atomic E-state index is 3.80. The van der Waals surface area contributed by atoms with E-state index in [0.29, 0.717) is 12.0 Å². The summed E-state index contributed by atoms with van der Waals surface area (Å²) in [5.41, 5.74) is 5.87. The van der Waals surface area contributed by atoms with E-state index in [4.69, 9.17) is 0 Å². The fraction of sp³-hybridized carbons (Fsp3) is 0.400. The largest absolute Gasteiger partial charge is 0.309 e. The molecule has 0 heterocycles. The van der Waals surface area contributed by atoms with E-state index in [-0.39, 0.29) is 0 Å². The fourth-order valence-corrected chi connectivity index (χ4v) is 3.59. The molecule has 0 saturated heterocycles. The van der Waals surface area contributed by atoms with E-state index >= 15 is 0 Å². The molecule has 110 valence electrons. The van der Waals surface area contributed by atoms with E-state index in [1.54, 1.807) is 11.1 Å². The molecule has 1 N–H and O–H groups in total. The molecule has 0 aromatic heterocycles. The summed E-state index contributed by atoms with van der Waals surface area (Å²) in [6, 6.07) is 18.4. The van der Waals surface area contributed by atoms with E-state index in [1.807, 2.05) is 0 Å². The van der Waals surface area contributed by atoms with E-state index in [0.717, 1.165) is 6.54 Å². The van der Waals surface area contributed by atoms with Crippen LogP contribution < -0.4 is 5.32 Å². The summed E-state index contributed by atoms with van der Waals surface area (Å²) < 4.78 is 0. The first-order valence-corrected chi connectivity index (χ1v) is 8.17. The Morgan fingerprint density at radius 1 is 1.14 bits per heavy atom. The second-order valence-corrected chi connectivity index (χ2v) is 6.19. The Kier molecular flexibility index (Phi) is 4.40. The van der Waals surface area contributed by atoms with E-state index in [2.05, 4.69) is 67.7 Å². The van der Waals surface area contributed by atoms with Crippen molar-refractivity contribution in [1.82, 2.24) is 5.32 Å². The smallest absolute Gasteiger partial charge is 0.0389 e. The van der Waals surface area contributed by atoms with Crippen molar-refractivity contribution in [3.05, 3.63) is 70.8 Å². The molecule has 2 unspecified atom stereocenters. The third-order valence-corrected chi connectivity index (χ3v) is 4.60. The van der Waals surface area contributed by atoms with Gasteiger partial charge in [0.15, 0.2) is 0 Å². The van der Waals surface area contributed by atoms with Crippen molar-refractivity contribution >= 4 is 0 Å². The van der Waals surface area contributed by atoms with E-state index < -0.39 is 0 Å². The number of hydrogen-bond acceptors (Lipinski definition) is 1. The van der Waals surface area contributed by atoms with Crippen molar-refractivity contribution < 1.29 is 0 Å². The molecule has 0 amide bonds. The Labute approximate surface area is 128 Å². The lowest BCUT2D eigenvalue weighted by Gasteiger charge is -2.26. The van der Waals surface area contributed by atoms with Gasteiger partial charge in [0.05, 0.1) is 0 Å². The van der Waals surface area contributed by atoms with Crippen LogP contribution in [0, 0.1) is 6.92 Å². The van der Waals surface area contributed by atoms with Gasteiger partial charge in [0, 0.05) is 12.0 Å². The van der Waals surface area contributed by atoms with Crippen LogP contribution in [0.2, 0.25) is 0 Å². The minimum Gasteiger partial charge on any atom is -0.309 e. The highest BCUT2D eigenvalue weighted by molar-refractivity contribution is 5.39. The van der Waals surface area contributed by atoms with Crippen LogP contribution in [0.5, 0.6) is 0 Å². The maximum Gasteiger partial charge on any atom is 0.0389 e. The lowest BCUT2D eigenvalue weighted by atomic mass is 9.87. The number of fused-ring (bicyclic) bond motifs is 1. The summed E-state index contributed by atoms with van der Waals surface area (Å²) in [5.74, 6) is 0.606. The first kappa shape index (κ1) is 14.3. The molecule has 1 aliphatic rings. The highest BCUT2D eigenvalue weighted by Crippen LogP contribution is 2.41. The van der Waals surface area contributed by atoms with Gasteiger partial charge < -0.3 is 5.32 Å². The first-order valence-electron chi connectivity index (χ1n) is 8.17. The van der Waals surface area contributed by atoms with Gasteiger partial charge in [0.2, 0.25) is 0 Å². The predicted molar refractivity (Wildman–Crippen MR) is 89.7 cm³/mol. The van der Waals surface area contributed by atoms with Crippen molar-refractivity contribution in [2.45, 2.75) is 45.1 Å². The van der Waals surface area contributed by atoms with Crippen LogP contribution in [0.3, 0.4) is 0 Å². The summed E-state index contributed by atoms with van der Waals surface area (Å²) in [5, 5.41) is 3.80. The Hall–Kier alpha value is -1.60. The average Bonchev–Trinajstić information content (AvgIpc) is 2.92. The Morgan fingerprint density at radius 3 is 2.81 bits per heavy atom. The molecule has 0 radical (unpaired) electrons. The van der Waals surface area contributed by atoms with Gasteiger partial charge in [-0.3, -0.25) is 0 Å². The molecule has 1 aliphatic carbocycles. The van der Waals surface area contributed by atoms with Crippen molar-refractivity contribution in [3.8, 4) is 0 Å². The summed E-state index contributed by atoms with van der Waals surface area (Å²) in [6.07, 6.45) is 3.66. The molecule has 0 saturated carbocycles. The van der Waals surface area contributed by atoms with Crippen LogP contribution in [-0.2, 0) is 6.42 Å². The lowest BCUT2D eigenvalue weighted by Crippen LogP contribution is -2.27. The Balaban J connectivity index is 1.93. The molecule has 21 heavy (non-hydrogen) atoms. The lowest BCUT2D eigenvalue weighted by molar-refractivity contribution is 0.442. The van der Waals surface area contributed by atoms with Gasteiger partial charge in [-0.15, -0.1) is 0 Å². The summed E-state index contributed by atoms with van der Waals surface area (Å²) in [7, 11) is 0. The molecular formula is C20H25N. The number of nitrogens with one attached hydrogen (secondary N) is 1. The third kappa shape index (κ3) is 3.03. The number of hydrogen-bond donors (Lipinski definition) is 1. The minimum absolute atomic E-state index is 0.438. The van der Waals surface area contributed by atoms with Gasteiger partial charge in [-0.1, -0.05) is 61.0 Å². The quantitative estimate of drug-likeness (QED) is 0.831. The summed E-state index contributed by atoms with van der Waals surface area (Å²) in [4.78, 5) is 0. The van der Waals surface area contributed by atoms with Gasteiger partial charge in [0.25, 0.3) is 0 Å². The molecule has 2 atom stereocenters. The summed E-state index contributed by atoms with van der Waals surface area (Å²) in [6.45, 7) is 5.50. The first-order chi connectivity index (χ1) is 10.3. The highest BCUT2D eigenvalue weighted by Gasteiger charge is 2.30. The molecule has 0 bridgehead atoms.